The van der Waals surface area contributed by atoms with Gasteiger partial charge < -0.3 is 5.32 Å². The standard InChI is InChI=1S/C14H25N3/c1-4-6-7-13(5-2)10-15-11-14-8-9-16-12(3)17-14/h8-9,13,15H,4-7,10-11H2,1-3H3. The molecule has 1 N–H and O–H groups in total. The van der Waals surface area contributed by atoms with Crippen LogP contribution in [0, 0.1) is 12.8 Å². The Morgan fingerprint density at radius 3 is 2.82 bits per heavy atom. The van der Waals surface area contributed by atoms with Crippen molar-refractivity contribution in [3.63, 3.8) is 0 Å². The van der Waals surface area contributed by atoms with Crippen molar-refractivity contribution < 1.29 is 0 Å². The van der Waals surface area contributed by atoms with Crippen molar-refractivity contribution >= 4 is 0 Å². The molecule has 0 saturated carbocycles. The number of aromatic nitrogens is 2. The predicted octanol–water partition coefficient (Wildman–Crippen LogP) is 3.09. The second kappa shape index (κ2) is 8.18. The predicted molar refractivity (Wildman–Crippen MR) is 71.8 cm³/mol. The first-order chi connectivity index (χ1) is 8.26. The van der Waals surface area contributed by atoms with Gasteiger partial charge in [-0.15, -0.1) is 0 Å². The topological polar surface area (TPSA) is 37.8 Å². The zero-order valence-corrected chi connectivity index (χ0v) is 11.4. The number of nitrogens with one attached hydrogen (secondary N) is 1. The van der Waals surface area contributed by atoms with Gasteiger partial charge in [0.2, 0.25) is 0 Å². The van der Waals surface area contributed by atoms with Crippen LogP contribution in [0.1, 0.15) is 51.0 Å². The van der Waals surface area contributed by atoms with E-state index in [-0.39, 0.29) is 0 Å². The first kappa shape index (κ1) is 14.1. The average Bonchev–Trinajstić information content (AvgIpc) is 2.33. The lowest BCUT2D eigenvalue weighted by Crippen LogP contribution is -2.22. The third-order valence-corrected chi connectivity index (χ3v) is 3.12. The molecule has 0 bridgehead atoms. The largest absolute Gasteiger partial charge is 0.311 e. The number of hydrogen-bond donors (Lipinski definition) is 1. The number of rotatable bonds is 8. The van der Waals surface area contributed by atoms with E-state index < -0.39 is 0 Å². The van der Waals surface area contributed by atoms with Crippen LogP contribution in [0.2, 0.25) is 0 Å². The molecule has 0 aliphatic carbocycles. The van der Waals surface area contributed by atoms with Gasteiger partial charge in [-0.25, -0.2) is 9.97 Å². The number of unbranched alkanes of at least 4 members (excludes halogenated alkanes) is 1. The van der Waals surface area contributed by atoms with E-state index in [1.807, 2.05) is 19.2 Å². The maximum atomic E-state index is 4.38. The number of aryl methyl sites for hydroxylation is 1. The van der Waals surface area contributed by atoms with E-state index in [2.05, 4.69) is 29.1 Å². The molecule has 0 aliphatic heterocycles. The molecular formula is C14H25N3. The maximum absolute atomic E-state index is 4.38. The molecule has 1 aromatic heterocycles. The first-order valence-corrected chi connectivity index (χ1v) is 6.75. The van der Waals surface area contributed by atoms with E-state index >= 15 is 0 Å². The fraction of sp³-hybridized carbons (Fsp3) is 0.714. The van der Waals surface area contributed by atoms with Crippen LogP contribution in [0.5, 0.6) is 0 Å². The molecule has 3 nitrogen and oxygen atoms in total. The quantitative estimate of drug-likeness (QED) is 0.752. The van der Waals surface area contributed by atoms with E-state index in [1.54, 1.807) is 0 Å². The second-order valence-electron chi connectivity index (χ2n) is 4.64. The van der Waals surface area contributed by atoms with Crippen LogP contribution in [0.15, 0.2) is 12.3 Å². The third kappa shape index (κ3) is 5.78. The van der Waals surface area contributed by atoms with Crippen LogP contribution in [-0.2, 0) is 6.54 Å². The molecular weight excluding hydrogens is 210 g/mol. The van der Waals surface area contributed by atoms with Crippen molar-refractivity contribution in [3.05, 3.63) is 23.8 Å². The molecule has 1 aromatic rings. The minimum absolute atomic E-state index is 0.804. The Morgan fingerprint density at radius 2 is 2.18 bits per heavy atom. The van der Waals surface area contributed by atoms with Crippen molar-refractivity contribution in [2.24, 2.45) is 5.92 Å². The van der Waals surface area contributed by atoms with Crippen molar-refractivity contribution in [2.45, 2.75) is 53.0 Å². The summed E-state index contributed by atoms with van der Waals surface area (Å²) >= 11 is 0. The van der Waals surface area contributed by atoms with Crippen LogP contribution in [0.4, 0.5) is 0 Å². The lowest BCUT2D eigenvalue weighted by molar-refractivity contribution is 0.418. The summed E-state index contributed by atoms with van der Waals surface area (Å²) in [5.74, 6) is 1.65. The fourth-order valence-corrected chi connectivity index (χ4v) is 1.95. The molecule has 1 heterocycles. The lowest BCUT2D eigenvalue weighted by Gasteiger charge is -2.15. The van der Waals surface area contributed by atoms with Gasteiger partial charge in [0.1, 0.15) is 5.82 Å². The van der Waals surface area contributed by atoms with Gasteiger partial charge in [-0.2, -0.15) is 0 Å². The van der Waals surface area contributed by atoms with E-state index in [1.165, 1.54) is 25.7 Å². The summed E-state index contributed by atoms with van der Waals surface area (Å²) in [4.78, 5) is 8.49. The summed E-state index contributed by atoms with van der Waals surface area (Å²) in [6.45, 7) is 8.41. The maximum Gasteiger partial charge on any atom is 0.125 e. The molecule has 0 amide bonds. The monoisotopic (exact) mass is 235 g/mol. The Morgan fingerprint density at radius 1 is 1.35 bits per heavy atom. The summed E-state index contributed by atoms with van der Waals surface area (Å²) in [6.07, 6.45) is 7.06. The lowest BCUT2D eigenvalue weighted by atomic mass is 9.99. The Hall–Kier alpha value is -0.960. The van der Waals surface area contributed by atoms with Gasteiger partial charge in [0.15, 0.2) is 0 Å². The van der Waals surface area contributed by atoms with E-state index in [0.717, 1.165) is 30.5 Å². The molecule has 1 atom stereocenters. The molecule has 0 saturated heterocycles. The molecule has 3 heteroatoms. The molecule has 0 spiro atoms. The van der Waals surface area contributed by atoms with Crippen LogP contribution >= 0.6 is 0 Å². The van der Waals surface area contributed by atoms with Gasteiger partial charge in [-0.1, -0.05) is 33.1 Å². The highest BCUT2D eigenvalue weighted by molar-refractivity contribution is 5.00. The number of hydrogen-bond acceptors (Lipinski definition) is 3. The van der Waals surface area contributed by atoms with Crippen molar-refractivity contribution in [3.8, 4) is 0 Å². The van der Waals surface area contributed by atoms with Crippen LogP contribution in [-0.4, -0.2) is 16.5 Å². The molecule has 0 fully saturated rings. The molecule has 0 aliphatic rings. The summed E-state index contributed by atoms with van der Waals surface area (Å²) < 4.78 is 0. The van der Waals surface area contributed by atoms with Crippen molar-refractivity contribution in [1.29, 1.82) is 0 Å². The second-order valence-corrected chi connectivity index (χ2v) is 4.64. The normalized spacial score (nSPS) is 12.6. The minimum Gasteiger partial charge on any atom is -0.311 e. The third-order valence-electron chi connectivity index (χ3n) is 3.12. The van der Waals surface area contributed by atoms with Crippen LogP contribution in [0.25, 0.3) is 0 Å². The van der Waals surface area contributed by atoms with E-state index in [9.17, 15) is 0 Å². The Balaban J connectivity index is 2.26. The van der Waals surface area contributed by atoms with Gasteiger partial charge in [0, 0.05) is 12.7 Å². The van der Waals surface area contributed by atoms with Crippen LogP contribution in [0.3, 0.4) is 0 Å². The highest BCUT2D eigenvalue weighted by Crippen LogP contribution is 2.11. The fourth-order valence-electron chi connectivity index (χ4n) is 1.95. The van der Waals surface area contributed by atoms with Crippen molar-refractivity contribution in [2.75, 3.05) is 6.54 Å². The SMILES string of the molecule is CCCCC(CC)CNCc1ccnc(C)n1. The summed E-state index contributed by atoms with van der Waals surface area (Å²) in [7, 11) is 0. The zero-order chi connectivity index (χ0) is 12.5. The molecule has 0 radical (unpaired) electrons. The Bertz CT molecular complexity index is 312. The van der Waals surface area contributed by atoms with Crippen LogP contribution < -0.4 is 5.32 Å². The number of nitrogens with zero attached hydrogens (tertiary/aromatic N) is 2. The smallest absolute Gasteiger partial charge is 0.125 e. The highest BCUT2D eigenvalue weighted by Gasteiger charge is 2.05. The Labute approximate surface area is 105 Å². The molecule has 1 rings (SSSR count). The average molecular weight is 235 g/mol. The van der Waals surface area contributed by atoms with Gasteiger partial charge in [0.05, 0.1) is 5.69 Å². The summed E-state index contributed by atoms with van der Waals surface area (Å²) in [5, 5.41) is 3.50. The van der Waals surface area contributed by atoms with Gasteiger partial charge in [-0.05, 0) is 31.9 Å². The minimum atomic E-state index is 0.804. The molecule has 96 valence electrons. The van der Waals surface area contributed by atoms with Gasteiger partial charge >= 0.3 is 0 Å². The molecule has 17 heavy (non-hydrogen) atoms. The van der Waals surface area contributed by atoms with Gasteiger partial charge in [0.25, 0.3) is 0 Å². The van der Waals surface area contributed by atoms with Crippen molar-refractivity contribution in [1.82, 2.24) is 15.3 Å². The van der Waals surface area contributed by atoms with E-state index in [4.69, 9.17) is 0 Å². The van der Waals surface area contributed by atoms with Gasteiger partial charge in [-0.3, -0.25) is 0 Å². The highest BCUT2D eigenvalue weighted by atomic mass is 14.9. The summed E-state index contributed by atoms with van der Waals surface area (Å²) in [5.41, 5.74) is 1.09. The molecule has 1 unspecified atom stereocenters. The van der Waals surface area contributed by atoms with E-state index in [0.29, 0.717) is 0 Å². The Kier molecular flexibility index (Phi) is 6.78. The summed E-state index contributed by atoms with van der Waals surface area (Å²) in [6, 6.07) is 1.98. The first-order valence-electron chi connectivity index (χ1n) is 6.75. The molecule has 0 aromatic carbocycles. The zero-order valence-electron chi connectivity index (χ0n) is 11.4.